The molecule has 0 N–H and O–H groups in total. The largest absolute Gasteiger partial charge is 0.488 e. The molecule has 0 bridgehead atoms. The minimum atomic E-state index is -0.0618. The van der Waals surface area contributed by atoms with Gasteiger partial charge in [0.2, 0.25) is 5.91 Å². The third-order valence-electron chi connectivity index (χ3n) is 6.84. The highest BCUT2D eigenvalue weighted by Gasteiger charge is 2.31. The van der Waals surface area contributed by atoms with E-state index in [0.29, 0.717) is 43.0 Å². The van der Waals surface area contributed by atoms with E-state index < -0.39 is 0 Å². The van der Waals surface area contributed by atoms with E-state index in [1.54, 1.807) is 0 Å². The standard InChI is InChI=1S/C27H33N3O4/c1-5-29(6-2)26(31)20-11-13-30(14-12-20)27(32)23-15-21-9-7-8-10-22(21)16-25(23)33-17-24-18(3)28-34-19(24)4/h7-10,15-16,20H,5-6,11-14,17H2,1-4H3. The van der Waals surface area contributed by atoms with Gasteiger partial charge in [0.1, 0.15) is 18.1 Å². The van der Waals surface area contributed by atoms with Crippen LogP contribution in [0, 0.1) is 19.8 Å². The molecule has 34 heavy (non-hydrogen) atoms. The molecular weight excluding hydrogens is 430 g/mol. The normalized spacial score (nSPS) is 14.4. The van der Waals surface area contributed by atoms with E-state index in [-0.39, 0.29) is 24.3 Å². The molecule has 1 fully saturated rings. The predicted molar refractivity (Wildman–Crippen MR) is 131 cm³/mol. The third kappa shape index (κ3) is 4.79. The number of hydrogen-bond acceptors (Lipinski definition) is 5. The topological polar surface area (TPSA) is 75.9 Å². The fraction of sp³-hybridized carbons (Fsp3) is 0.444. The Labute approximate surface area is 200 Å². The average molecular weight is 464 g/mol. The quantitative estimate of drug-likeness (QED) is 0.506. The molecule has 7 heteroatoms. The van der Waals surface area contributed by atoms with Crippen molar-refractivity contribution in [3.8, 4) is 5.75 Å². The molecule has 0 unspecified atom stereocenters. The fourth-order valence-corrected chi connectivity index (χ4v) is 4.66. The fourth-order valence-electron chi connectivity index (χ4n) is 4.66. The maximum atomic E-state index is 13.6. The summed E-state index contributed by atoms with van der Waals surface area (Å²) >= 11 is 0. The van der Waals surface area contributed by atoms with Gasteiger partial charge in [-0.3, -0.25) is 9.59 Å². The van der Waals surface area contributed by atoms with Crippen molar-refractivity contribution in [2.45, 2.75) is 47.1 Å². The molecule has 1 aliphatic heterocycles. The molecule has 2 heterocycles. The van der Waals surface area contributed by atoms with Crippen molar-refractivity contribution in [2.75, 3.05) is 26.2 Å². The predicted octanol–water partition coefficient (Wildman–Crippen LogP) is 4.74. The van der Waals surface area contributed by atoms with Crippen molar-refractivity contribution in [3.63, 3.8) is 0 Å². The first kappa shape index (κ1) is 23.8. The number of aromatic nitrogens is 1. The number of carbonyl (C=O) groups is 2. The molecule has 1 aliphatic rings. The number of amides is 2. The van der Waals surface area contributed by atoms with Gasteiger partial charge in [-0.05, 0) is 63.4 Å². The van der Waals surface area contributed by atoms with Crippen LogP contribution in [-0.2, 0) is 11.4 Å². The van der Waals surface area contributed by atoms with Crippen molar-refractivity contribution in [2.24, 2.45) is 5.92 Å². The van der Waals surface area contributed by atoms with Crippen LogP contribution in [0.3, 0.4) is 0 Å². The van der Waals surface area contributed by atoms with Gasteiger partial charge in [0.05, 0.1) is 16.8 Å². The van der Waals surface area contributed by atoms with Crippen LogP contribution in [0.4, 0.5) is 0 Å². The summed E-state index contributed by atoms with van der Waals surface area (Å²) in [6.45, 7) is 10.6. The molecule has 3 aromatic rings. The van der Waals surface area contributed by atoms with E-state index in [9.17, 15) is 9.59 Å². The van der Waals surface area contributed by atoms with Crippen LogP contribution in [0.5, 0.6) is 5.75 Å². The molecule has 2 aromatic carbocycles. The van der Waals surface area contributed by atoms with Gasteiger partial charge in [-0.1, -0.05) is 29.4 Å². The molecule has 0 atom stereocenters. The summed E-state index contributed by atoms with van der Waals surface area (Å²) in [6, 6.07) is 11.8. The Bertz CT molecular complexity index is 1150. The molecule has 0 radical (unpaired) electrons. The van der Waals surface area contributed by atoms with Gasteiger partial charge in [0.15, 0.2) is 0 Å². The number of likely N-dealkylation sites (tertiary alicyclic amines) is 1. The third-order valence-corrected chi connectivity index (χ3v) is 6.84. The Morgan fingerprint density at radius 3 is 2.32 bits per heavy atom. The highest BCUT2D eigenvalue weighted by atomic mass is 16.5. The summed E-state index contributed by atoms with van der Waals surface area (Å²) in [4.78, 5) is 30.1. The van der Waals surface area contributed by atoms with Gasteiger partial charge in [0.25, 0.3) is 5.91 Å². The van der Waals surface area contributed by atoms with Crippen LogP contribution < -0.4 is 4.74 Å². The lowest BCUT2D eigenvalue weighted by Crippen LogP contribution is -2.44. The Kier molecular flexibility index (Phi) is 7.20. The number of fused-ring (bicyclic) bond motifs is 1. The Hall–Kier alpha value is -3.35. The highest BCUT2D eigenvalue weighted by Crippen LogP contribution is 2.30. The second-order valence-corrected chi connectivity index (χ2v) is 8.86. The first-order valence-electron chi connectivity index (χ1n) is 12.1. The summed E-state index contributed by atoms with van der Waals surface area (Å²) in [5.41, 5.74) is 2.22. The number of ether oxygens (including phenoxy) is 1. The van der Waals surface area contributed by atoms with E-state index >= 15 is 0 Å². The smallest absolute Gasteiger partial charge is 0.257 e. The summed E-state index contributed by atoms with van der Waals surface area (Å²) in [6.07, 6.45) is 1.37. The summed E-state index contributed by atoms with van der Waals surface area (Å²) in [7, 11) is 0. The lowest BCUT2D eigenvalue weighted by Gasteiger charge is -2.34. The lowest BCUT2D eigenvalue weighted by atomic mass is 9.94. The van der Waals surface area contributed by atoms with Gasteiger partial charge in [0, 0.05) is 32.1 Å². The van der Waals surface area contributed by atoms with Gasteiger partial charge in [-0.15, -0.1) is 0 Å². The maximum Gasteiger partial charge on any atom is 0.257 e. The van der Waals surface area contributed by atoms with E-state index in [4.69, 9.17) is 9.26 Å². The molecule has 0 aliphatic carbocycles. The summed E-state index contributed by atoms with van der Waals surface area (Å²) < 4.78 is 11.4. The first-order valence-corrected chi connectivity index (χ1v) is 12.1. The van der Waals surface area contributed by atoms with E-state index in [2.05, 4.69) is 5.16 Å². The number of piperidine rings is 1. The second kappa shape index (κ2) is 10.3. The summed E-state index contributed by atoms with van der Waals surface area (Å²) in [5, 5.41) is 5.99. The maximum absolute atomic E-state index is 13.6. The van der Waals surface area contributed by atoms with E-state index in [1.165, 1.54) is 0 Å². The average Bonchev–Trinajstić information content (AvgIpc) is 3.19. The molecule has 7 nitrogen and oxygen atoms in total. The van der Waals surface area contributed by atoms with Crippen LogP contribution >= 0.6 is 0 Å². The van der Waals surface area contributed by atoms with Crippen LogP contribution in [0.2, 0.25) is 0 Å². The van der Waals surface area contributed by atoms with Crippen LogP contribution in [-0.4, -0.2) is 52.9 Å². The van der Waals surface area contributed by atoms with Crippen LogP contribution in [0.25, 0.3) is 10.8 Å². The van der Waals surface area contributed by atoms with Gasteiger partial charge in [-0.25, -0.2) is 0 Å². The minimum Gasteiger partial charge on any atom is -0.488 e. The molecule has 2 amide bonds. The Morgan fingerprint density at radius 2 is 1.74 bits per heavy atom. The molecule has 0 saturated carbocycles. The van der Waals surface area contributed by atoms with Crippen molar-refractivity contribution in [3.05, 3.63) is 59.0 Å². The molecular formula is C27H33N3O4. The zero-order chi connectivity index (χ0) is 24.2. The van der Waals surface area contributed by atoms with Crippen LogP contribution in [0.1, 0.15) is 54.1 Å². The number of aryl methyl sites for hydroxylation is 2. The van der Waals surface area contributed by atoms with E-state index in [0.717, 1.165) is 35.1 Å². The molecule has 4 rings (SSSR count). The highest BCUT2D eigenvalue weighted by molar-refractivity contribution is 6.01. The number of benzene rings is 2. The van der Waals surface area contributed by atoms with Crippen molar-refractivity contribution in [1.29, 1.82) is 0 Å². The number of hydrogen-bond donors (Lipinski definition) is 0. The van der Waals surface area contributed by atoms with Crippen molar-refractivity contribution >= 4 is 22.6 Å². The number of carbonyl (C=O) groups excluding carboxylic acids is 2. The Morgan fingerprint density at radius 1 is 1.09 bits per heavy atom. The SMILES string of the molecule is CCN(CC)C(=O)C1CCN(C(=O)c2cc3ccccc3cc2OCc2c(C)noc2C)CC1. The van der Waals surface area contributed by atoms with Crippen molar-refractivity contribution in [1.82, 2.24) is 15.0 Å². The van der Waals surface area contributed by atoms with Crippen LogP contribution in [0.15, 0.2) is 40.9 Å². The number of nitrogens with zero attached hydrogens (tertiary/aromatic N) is 3. The van der Waals surface area contributed by atoms with Gasteiger partial charge >= 0.3 is 0 Å². The lowest BCUT2D eigenvalue weighted by molar-refractivity contribution is -0.136. The zero-order valence-electron chi connectivity index (χ0n) is 20.5. The molecule has 1 aromatic heterocycles. The van der Waals surface area contributed by atoms with Gasteiger partial charge < -0.3 is 19.1 Å². The Balaban J connectivity index is 1.55. The number of rotatable bonds is 7. The zero-order valence-corrected chi connectivity index (χ0v) is 20.5. The monoisotopic (exact) mass is 463 g/mol. The van der Waals surface area contributed by atoms with E-state index in [1.807, 2.05) is 73.9 Å². The van der Waals surface area contributed by atoms with Crippen molar-refractivity contribution < 1.29 is 18.8 Å². The second-order valence-electron chi connectivity index (χ2n) is 8.86. The summed E-state index contributed by atoms with van der Waals surface area (Å²) in [5.74, 6) is 1.38. The molecule has 0 spiro atoms. The first-order chi connectivity index (χ1) is 16.4. The molecule has 1 saturated heterocycles. The molecule has 180 valence electrons. The van der Waals surface area contributed by atoms with Gasteiger partial charge in [-0.2, -0.15) is 0 Å². The minimum absolute atomic E-state index is 0.0178.